The first-order chi connectivity index (χ1) is 8.61. The fourth-order valence-corrected chi connectivity index (χ4v) is 2.87. The molecule has 100 valence electrons. The van der Waals surface area contributed by atoms with E-state index in [0.29, 0.717) is 0 Å². The van der Waals surface area contributed by atoms with Crippen molar-refractivity contribution in [2.75, 3.05) is 11.4 Å². The van der Waals surface area contributed by atoms with Crippen LogP contribution in [0.1, 0.15) is 38.7 Å². The summed E-state index contributed by atoms with van der Waals surface area (Å²) in [6, 6.07) is 7.02. The SMILES string of the molecule is CC(C)CCN(c1ccc(Cl)cc1CBr)C1CC1. The van der Waals surface area contributed by atoms with Crippen molar-refractivity contribution < 1.29 is 0 Å². The van der Waals surface area contributed by atoms with E-state index in [1.165, 1.54) is 30.5 Å². The van der Waals surface area contributed by atoms with E-state index >= 15 is 0 Å². The van der Waals surface area contributed by atoms with Crippen molar-refractivity contribution in [2.24, 2.45) is 5.92 Å². The zero-order valence-corrected chi connectivity index (χ0v) is 13.5. The normalized spacial score (nSPS) is 15.2. The molecule has 0 spiro atoms. The molecule has 1 nitrogen and oxygen atoms in total. The summed E-state index contributed by atoms with van der Waals surface area (Å²) >= 11 is 9.66. The Hall–Kier alpha value is -0.210. The minimum Gasteiger partial charge on any atom is -0.368 e. The highest BCUT2D eigenvalue weighted by atomic mass is 79.9. The molecule has 1 fully saturated rings. The van der Waals surface area contributed by atoms with Crippen LogP contribution in [-0.2, 0) is 5.33 Å². The van der Waals surface area contributed by atoms with Crippen molar-refractivity contribution in [3.05, 3.63) is 28.8 Å². The van der Waals surface area contributed by atoms with Gasteiger partial charge in [-0.15, -0.1) is 0 Å². The number of nitrogens with zero attached hydrogens (tertiary/aromatic N) is 1. The molecule has 0 aromatic heterocycles. The number of halogens is 2. The van der Waals surface area contributed by atoms with E-state index in [-0.39, 0.29) is 0 Å². The Balaban J connectivity index is 2.19. The molecule has 1 aromatic rings. The first kappa shape index (κ1) is 14.2. The number of alkyl halides is 1. The van der Waals surface area contributed by atoms with Gasteiger partial charge in [-0.3, -0.25) is 0 Å². The molecule has 0 radical (unpaired) electrons. The molecule has 0 saturated heterocycles. The fourth-order valence-electron chi connectivity index (χ4n) is 2.22. The smallest absolute Gasteiger partial charge is 0.0410 e. The number of hydrogen-bond acceptors (Lipinski definition) is 1. The molecule has 18 heavy (non-hydrogen) atoms. The number of benzene rings is 1. The second-order valence-electron chi connectivity index (χ2n) is 5.51. The molecule has 1 aliphatic carbocycles. The summed E-state index contributed by atoms with van der Waals surface area (Å²) < 4.78 is 0. The highest BCUT2D eigenvalue weighted by molar-refractivity contribution is 9.08. The van der Waals surface area contributed by atoms with Gasteiger partial charge in [0.2, 0.25) is 0 Å². The molecule has 0 amide bonds. The molecule has 1 aliphatic rings. The Morgan fingerprint density at radius 1 is 1.39 bits per heavy atom. The first-order valence-corrected chi connectivity index (χ1v) is 8.22. The molecule has 1 saturated carbocycles. The van der Waals surface area contributed by atoms with E-state index in [0.717, 1.165) is 28.9 Å². The summed E-state index contributed by atoms with van der Waals surface area (Å²) in [5, 5.41) is 1.70. The average molecular weight is 331 g/mol. The summed E-state index contributed by atoms with van der Waals surface area (Å²) in [5.41, 5.74) is 2.66. The average Bonchev–Trinajstić information content (AvgIpc) is 3.15. The van der Waals surface area contributed by atoms with Crippen molar-refractivity contribution in [3.63, 3.8) is 0 Å². The topological polar surface area (TPSA) is 3.24 Å². The quantitative estimate of drug-likeness (QED) is 0.644. The molecule has 2 rings (SSSR count). The minimum absolute atomic E-state index is 0.753. The molecular formula is C15H21BrClN. The Bertz CT molecular complexity index is 401. The van der Waals surface area contributed by atoms with Crippen LogP contribution < -0.4 is 4.90 Å². The van der Waals surface area contributed by atoms with Crippen LogP contribution in [0.25, 0.3) is 0 Å². The monoisotopic (exact) mass is 329 g/mol. The highest BCUT2D eigenvalue weighted by Gasteiger charge is 2.30. The first-order valence-electron chi connectivity index (χ1n) is 6.73. The predicted molar refractivity (Wildman–Crippen MR) is 83.9 cm³/mol. The van der Waals surface area contributed by atoms with Gasteiger partial charge in [0.1, 0.15) is 0 Å². The zero-order valence-electron chi connectivity index (χ0n) is 11.1. The molecule has 0 N–H and O–H groups in total. The van der Waals surface area contributed by atoms with Crippen LogP contribution in [0, 0.1) is 5.92 Å². The summed E-state index contributed by atoms with van der Waals surface area (Å²) in [4.78, 5) is 2.58. The largest absolute Gasteiger partial charge is 0.368 e. The third-order valence-corrected chi connectivity index (χ3v) is 4.27. The van der Waals surface area contributed by atoms with Gasteiger partial charge in [0.15, 0.2) is 0 Å². The Morgan fingerprint density at radius 3 is 2.67 bits per heavy atom. The third-order valence-electron chi connectivity index (χ3n) is 3.43. The molecule has 0 aliphatic heterocycles. The lowest BCUT2D eigenvalue weighted by Crippen LogP contribution is -2.28. The van der Waals surface area contributed by atoms with Crippen LogP contribution in [-0.4, -0.2) is 12.6 Å². The number of hydrogen-bond donors (Lipinski definition) is 0. The molecule has 1 aromatic carbocycles. The van der Waals surface area contributed by atoms with Gasteiger partial charge in [0.05, 0.1) is 0 Å². The zero-order chi connectivity index (χ0) is 13.1. The third kappa shape index (κ3) is 3.64. The lowest BCUT2D eigenvalue weighted by Gasteiger charge is -2.27. The minimum atomic E-state index is 0.753. The predicted octanol–water partition coefficient (Wildman–Crippen LogP) is 5.25. The van der Waals surface area contributed by atoms with Crippen LogP contribution in [0.2, 0.25) is 5.02 Å². The van der Waals surface area contributed by atoms with Gasteiger partial charge in [0, 0.05) is 28.6 Å². The van der Waals surface area contributed by atoms with Gasteiger partial charge < -0.3 is 4.90 Å². The second kappa shape index (κ2) is 6.29. The van der Waals surface area contributed by atoms with Crippen LogP contribution in [0.5, 0.6) is 0 Å². The van der Waals surface area contributed by atoms with E-state index in [2.05, 4.69) is 46.8 Å². The second-order valence-corrected chi connectivity index (χ2v) is 6.51. The molecule has 0 heterocycles. The standard InChI is InChI=1S/C15H21BrClN/c1-11(2)7-8-18(14-4-5-14)15-6-3-13(17)9-12(15)10-16/h3,6,9,11,14H,4-5,7-8,10H2,1-2H3. The summed E-state index contributed by atoms with van der Waals surface area (Å²) in [6.07, 6.45) is 3.92. The van der Waals surface area contributed by atoms with E-state index in [9.17, 15) is 0 Å². The molecule has 0 bridgehead atoms. The lowest BCUT2D eigenvalue weighted by molar-refractivity contribution is 0.570. The maximum absolute atomic E-state index is 6.08. The number of rotatable bonds is 6. The van der Waals surface area contributed by atoms with Crippen LogP contribution >= 0.6 is 27.5 Å². The van der Waals surface area contributed by atoms with Gasteiger partial charge in [-0.25, -0.2) is 0 Å². The molecule has 0 atom stereocenters. The maximum atomic E-state index is 6.08. The van der Waals surface area contributed by atoms with Gasteiger partial charge in [-0.1, -0.05) is 41.4 Å². The van der Waals surface area contributed by atoms with Gasteiger partial charge in [-0.05, 0) is 48.9 Å². The summed E-state index contributed by atoms with van der Waals surface area (Å²) in [6.45, 7) is 5.74. The molecule has 0 unspecified atom stereocenters. The van der Waals surface area contributed by atoms with Crippen LogP contribution in [0.15, 0.2) is 18.2 Å². The van der Waals surface area contributed by atoms with Crippen molar-refractivity contribution in [1.29, 1.82) is 0 Å². The Kier molecular flexibility index (Phi) is 4.97. The Labute approximate surface area is 124 Å². The van der Waals surface area contributed by atoms with Gasteiger partial charge in [-0.2, -0.15) is 0 Å². The van der Waals surface area contributed by atoms with Gasteiger partial charge in [0.25, 0.3) is 0 Å². The van der Waals surface area contributed by atoms with Crippen molar-refractivity contribution in [3.8, 4) is 0 Å². The highest BCUT2D eigenvalue weighted by Crippen LogP contribution is 2.35. The van der Waals surface area contributed by atoms with E-state index in [4.69, 9.17) is 11.6 Å². The summed E-state index contributed by atoms with van der Waals surface area (Å²) in [5.74, 6) is 0.756. The molecular weight excluding hydrogens is 310 g/mol. The van der Waals surface area contributed by atoms with Crippen molar-refractivity contribution >= 4 is 33.2 Å². The van der Waals surface area contributed by atoms with Crippen molar-refractivity contribution in [2.45, 2.75) is 44.5 Å². The summed E-state index contributed by atoms with van der Waals surface area (Å²) in [7, 11) is 0. The fraction of sp³-hybridized carbons (Fsp3) is 0.600. The van der Waals surface area contributed by atoms with Crippen LogP contribution in [0.3, 0.4) is 0 Å². The number of anilines is 1. The van der Waals surface area contributed by atoms with Gasteiger partial charge >= 0.3 is 0 Å². The molecule has 3 heteroatoms. The van der Waals surface area contributed by atoms with Crippen molar-refractivity contribution in [1.82, 2.24) is 0 Å². The lowest BCUT2D eigenvalue weighted by atomic mass is 10.1. The maximum Gasteiger partial charge on any atom is 0.0410 e. The Morgan fingerprint density at radius 2 is 2.11 bits per heavy atom. The van der Waals surface area contributed by atoms with E-state index < -0.39 is 0 Å². The van der Waals surface area contributed by atoms with Crippen LogP contribution in [0.4, 0.5) is 5.69 Å². The van der Waals surface area contributed by atoms with E-state index in [1.807, 2.05) is 6.07 Å². The van der Waals surface area contributed by atoms with E-state index in [1.54, 1.807) is 0 Å².